The van der Waals surface area contributed by atoms with Crippen LogP contribution >= 0.6 is 0 Å². The normalized spacial score (nSPS) is 21.8. The van der Waals surface area contributed by atoms with Gasteiger partial charge in [0.1, 0.15) is 5.82 Å². The fourth-order valence-corrected chi connectivity index (χ4v) is 2.12. The van der Waals surface area contributed by atoms with Crippen molar-refractivity contribution in [2.24, 2.45) is 11.3 Å². The zero-order valence-corrected chi connectivity index (χ0v) is 11.7. The lowest BCUT2D eigenvalue weighted by Gasteiger charge is -2.26. The Balaban J connectivity index is 2.09. The highest BCUT2D eigenvalue weighted by Gasteiger charge is 2.23. The van der Waals surface area contributed by atoms with E-state index >= 15 is 0 Å². The summed E-state index contributed by atoms with van der Waals surface area (Å²) in [6.07, 6.45) is 2.24. The highest BCUT2D eigenvalue weighted by atomic mass is 15.3. The second-order valence-corrected chi connectivity index (χ2v) is 6.55. The lowest BCUT2D eigenvalue weighted by molar-refractivity contribution is 0.258. The van der Waals surface area contributed by atoms with Crippen LogP contribution in [-0.2, 0) is 13.0 Å². The maximum Gasteiger partial charge on any atom is 0.124 e. The van der Waals surface area contributed by atoms with E-state index in [2.05, 4.69) is 50.7 Å². The Morgan fingerprint density at radius 1 is 1.53 bits per heavy atom. The Labute approximate surface area is 105 Å². The molecule has 0 saturated carbocycles. The van der Waals surface area contributed by atoms with E-state index in [1.54, 1.807) is 0 Å². The van der Waals surface area contributed by atoms with E-state index in [4.69, 9.17) is 5.10 Å². The summed E-state index contributed by atoms with van der Waals surface area (Å²) in [5, 5.41) is 8.19. The zero-order valence-electron chi connectivity index (χ0n) is 11.7. The summed E-state index contributed by atoms with van der Waals surface area (Å²) in [6.45, 7) is 12.5. The maximum absolute atomic E-state index is 4.69. The van der Waals surface area contributed by atoms with Gasteiger partial charge >= 0.3 is 0 Å². The molecule has 1 aliphatic rings. The van der Waals surface area contributed by atoms with Crippen LogP contribution < -0.4 is 5.32 Å². The summed E-state index contributed by atoms with van der Waals surface area (Å²) < 4.78 is 2.12. The van der Waals surface area contributed by atoms with Crippen molar-refractivity contribution >= 4 is 5.82 Å². The maximum atomic E-state index is 4.69. The molecule has 1 N–H and O–H groups in total. The zero-order chi connectivity index (χ0) is 12.6. The quantitative estimate of drug-likeness (QED) is 0.852. The summed E-state index contributed by atoms with van der Waals surface area (Å²) in [7, 11) is 0. The SMILES string of the molecule is CC1CCn2nc(CC(C)C(C)(C)C)cc2N1. The van der Waals surface area contributed by atoms with Crippen LogP contribution in [0.1, 0.15) is 46.7 Å². The Hall–Kier alpha value is -0.990. The molecule has 0 aromatic carbocycles. The first-order valence-corrected chi connectivity index (χ1v) is 6.69. The van der Waals surface area contributed by atoms with Gasteiger partial charge in [-0.05, 0) is 31.1 Å². The third-order valence-electron chi connectivity index (χ3n) is 3.99. The molecule has 3 heteroatoms. The Kier molecular flexibility index (Phi) is 3.19. The predicted octanol–water partition coefficient (Wildman–Crippen LogP) is 3.31. The van der Waals surface area contributed by atoms with E-state index in [0.717, 1.165) is 13.0 Å². The van der Waals surface area contributed by atoms with Gasteiger partial charge in [-0.2, -0.15) is 5.10 Å². The van der Waals surface area contributed by atoms with Crippen molar-refractivity contribution in [1.82, 2.24) is 9.78 Å². The largest absolute Gasteiger partial charge is 0.368 e. The summed E-state index contributed by atoms with van der Waals surface area (Å²) >= 11 is 0. The molecule has 1 aliphatic heterocycles. The number of hydrogen-bond donors (Lipinski definition) is 1. The number of fused-ring (bicyclic) bond motifs is 1. The van der Waals surface area contributed by atoms with Crippen molar-refractivity contribution in [2.75, 3.05) is 5.32 Å². The average molecular weight is 235 g/mol. The van der Waals surface area contributed by atoms with Crippen LogP contribution in [0.4, 0.5) is 5.82 Å². The molecule has 3 nitrogen and oxygen atoms in total. The molecule has 0 saturated heterocycles. The standard InChI is InChI=1S/C14H25N3/c1-10(14(3,4)5)8-12-9-13-15-11(2)6-7-17(13)16-12/h9-11,15H,6-8H2,1-5H3. The van der Waals surface area contributed by atoms with Gasteiger partial charge in [-0.3, -0.25) is 0 Å². The highest BCUT2D eigenvalue weighted by molar-refractivity contribution is 5.39. The third-order valence-corrected chi connectivity index (χ3v) is 3.99. The van der Waals surface area contributed by atoms with Crippen molar-refractivity contribution in [3.8, 4) is 0 Å². The smallest absolute Gasteiger partial charge is 0.124 e. The minimum Gasteiger partial charge on any atom is -0.368 e. The van der Waals surface area contributed by atoms with Crippen LogP contribution in [0.2, 0.25) is 0 Å². The van der Waals surface area contributed by atoms with Gasteiger partial charge in [-0.15, -0.1) is 0 Å². The average Bonchev–Trinajstić information content (AvgIpc) is 2.57. The molecule has 1 aromatic rings. The topological polar surface area (TPSA) is 29.9 Å². The third kappa shape index (κ3) is 2.82. The second-order valence-electron chi connectivity index (χ2n) is 6.55. The highest BCUT2D eigenvalue weighted by Crippen LogP contribution is 2.29. The molecule has 2 atom stereocenters. The molecule has 1 aromatic heterocycles. The first kappa shape index (κ1) is 12.5. The van der Waals surface area contributed by atoms with Crippen LogP contribution in [0, 0.1) is 11.3 Å². The molecule has 2 rings (SSSR count). The molecular weight excluding hydrogens is 210 g/mol. The van der Waals surface area contributed by atoms with Crippen molar-refractivity contribution in [3.05, 3.63) is 11.8 Å². The lowest BCUT2D eigenvalue weighted by Crippen LogP contribution is -2.25. The molecule has 2 unspecified atom stereocenters. The molecule has 2 heterocycles. The van der Waals surface area contributed by atoms with Gasteiger partial charge in [0.25, 0.3) is 0 Å². The predicted molar refractivity (Wildman–Crippen MR) is 72.3 cm³/mol. The molecule has 17 heavy (non-hydrogen) atoms. The van der Waals surface area contributed by atoms with Crippen molar-refractivity contribution in [2.45, 2.75) is 60.0 Å². The molecule has 0 radical (unpaired) electrons. The molecule has 96 valence electrons. The van der Waals surface area contributed by atoms with E-state index in [-0.39, 0.29) is 0 Å². The van der Waals surface area contributed by atoms with Crippen LogP contribution in [0.15, 0.2) is 6.07 Å². The van der Waals surface area contributed by atoms with Gasteiger partial charge in [-0.25, -0.2) is 4.68 Å². The van der Waals surface area contributed by atoms with Gasteiger partial charge in [0.2, 0.25) is 0 Å². The van der Waals surface area contributed by atoms with E-state index < -0.39 is 0 Å². The van der Waals surface area contributed by atoms with Crippen LogP contribution in [0.3, 0.4) is 0 Å². The fourth-order valence-electron chi connectivity index (χ4n) is 2.12. The summed E-state index contributed by atoms with van der Waals surface area (Å²) in [4.78, 5) is 0. The van der Waals surface area contributed by atoms with Gasteiger partial charge < -0.3 is 5.32 Å². The van der Waals surface area contributed by atoms with E-state index in [9.17, 15) is 0 Å². The van der Waals surface area contributed by atoms with Crippen LogP contribution in [0.5, 0.6) is 0 Å². The Morgan fingerprint density at radius 3 is 2.88 bits per heavy atom. The number of aryl methyl sites for hydroxylation is 1. The van der Waals surface area contributed by atoms with Crippen LogP contribution in [0.25, 0.3) is 0 Å². The van der Waals surface area contributed by atoms with Crippen molar-refractivity contribution < 1.29 is 0 Å². The van der Waals surface area contributed by atoms with Gasteiger partial charge in [0.05, 0.1) is 5.69 Å². The van der Waals surface area contributed by atoms with E-state index in [1.807, 2.05) is 0 Å². The van der Waals surface area contributed by atoms with Crippen LogP contribution in [-0.4, -0.2) is 15.8 Å². The first-order chi connectivity index (χ1) is 7.86. The van der Waals surface area contributed by atoms with Crippen molar-refractivity contribution in [1.29, 1.82) is 0 Å². The van der Waals surface area contributed by atoms with E-state index in [1.165, 1.54) is 17.9 Å². The second kappa shape index (κ2) is 4.35. The van der Waals surface area contributed by atoms with Crippen molar-refractivity contribution in [3.63, 3.8) is 0 Å². The Morgan fingerprint density at radius 2 is 2.24 bits per heavy atom. The number of nitrogens with zero attached hydrogens (tertiary/aromatic N) is 2. The number of anilines is 1. The number of aromatic nitrogens is 2. The number of nitrogens with one attached hydrogen (secondary N) is 1. The minimum atomic E-state index is 0.352. The molecule has 0 amide bonds. The monoisotopic (exact) mass is 235 g/mol. The summed E-state index contributed by atoms with van der Waals surface area (Å²) in [5.74, 6) is 1.84. The molecule has 0 bridgehead atoms. The summed E-state index contributed by atoms with van der Waals surface area (Å²) in [5.41, 5.74) is 1.58. The van der Waals surface area contributed by atoms with Gasteiger partial charge in [0, 0.05) is 18.7 Å². The molecular formula is C14H25N3. The number of hydrogen-bond acceptors (Lipinski definition) is 2. The minimum absolute atomic E-state index is 0.352. The van der Waals surface area contributed by atoms with E-state index in [0.29, 0.717) is 17.4 Å². The summed E-state index contributed by atoms with van der Waals surface area (Å²) in [6, 6.07) is 2.80. The lowest BCUT2D eigenvalue weighted by atomic mass is 9.79. The number of rotatable bonds is 2. The van der Waals surface area contributed by atoms with Gasteiger partial charge in [0.15, 0.2) is 0 Å². The fraction of sp³-hybridized carbons (Fsp3) is 0.786. The Bertz CT molecular complexity index is 387. The van der Waals surface area contributed by atoms with Gasteiger partial charge in [-0.1, -0.05) is 27.7 Å². The molecule has 0 spiro atoms. The molecule has 0 aliphatic carbocycles. The molecule has 0 fully saturated rings. The first-order valence-electron chi connectivity index (χ1n) is 6.69.